The van der Waals surface area contributed by atoms with Crippen molar-refractivity contribution in [3.8, 4) is 0 Å². The molecule has 3 rings (SSSR count). The van der Waals surface area contributed by atoms with Crippen LogP contribution in [0.2, 0.25) is 0 Å². The number of pyridine rings is 1. The van der Waals surface area contributed by atoms with E-state index in [1.54, 1.807) is 6.20 Å². The molecule has 0 saturated carbocycles. The molecule has 2 amide bonds. The van der Waals surface area contributed by atoms with E-state index in [0.717, 1.165) is 11.2 Å². The van der Waals surface area contributed by atoms with Gasteiger partial charge in [-0.3, -0.25) is 9.59 Å². The Morgan fingerprint density at radius 2 is 2.26 bits per heavy atom. The second-order valence-corrected chi connectivity index (χ2v) is 5.91. The van der Waals surface area contributed by atoms with Crippen molar-refractivity contribution >= 4 is 17.5 Å². The van der Waals surface area contributed by atoms with Crippen molar-refractivity contribution in [2.75, 3.05) is 13.1 Å². The Hall–Kier alpha value is -2.41. The largest absolute Gasteiger partial charge is 0.355 e. The van der Waals surface area contributed by atoms with Crippen LogP contribution in [0.1, 0.15) is 29.4 Å². The van der Waals surface area contributed by atoms with E-state index in [-0.39, 0.29) is 17.9 Å². The van der Waals surface area contributed by atoms with Gasteiger partial charge in [-0.15, -0.1) is 0 Å². The van der Waals surface area contributed by atoms with Crippen molar-refractivity contribution in [2.24, 2.45) is 5.73 Å². The van der Waals surface area contributed by atoms with Crippen LogP contribution in [0.5, 0.6) is 0 Å². The quantitative estimate of drug-likeness (QED) is 0.853. The molecule has 1 saturated heterocycles. The van der Waals surface area contributed by atoms with Crippen molar-refractivity contribution in [1.82, 2.24) is 19.6 Å². The molecule has 0 aliphatic carbocycles. The van der Waals surface area contributed by atoms with Gasteiger partial charge in [0.2, 0.25) is 5.91 Å². The van der Waals surface area contributed by atoms with Crippen molar-refractivity contribution in [2.45, 2.75) is 32.4 Å². The maximum absolute atomic E-state index is 12.8. The lowest BCUT2D eigenvalue weighted by atomic mass is 10.1. The monoisotopic (exact) mass is 315 g/mol. The number of hydrogen-bond donors (Lipinski definition) is 2. The molecule has 1 fully saturated rings. The molecule has 0 bridgehead atoms. The van der Waals surface area contributed by atoms with Crippen molar-refractivity contribution in [3.05, 3.63) is 35.8 Å². The third kappa shape index (κ3) is 2.79. The zero-order valence-electron chi connectivity index (χ0n) is 13.3. The molecule has 1 aliphatic rings. The van der Waals surface area contributed by atoms with Crippen LogP contribution in [0.25, 0.3) is 5.65 Å². The Balaban J connectivity index is 1.90. The second kappa shape index (κ2) is 6.00. The van der Waals surface area contributed by atoms with Gasteiger partial charge < -0.3 is 20.4 Å². The number of imidazole rings is 1. The first-order chi connectivity index (χ1) is 11.0. The number of likely N-dealkylation sites (tertiary alicyclic amines) is 1. The van der Waals surface area contributed by atoms with E-state index in [4.69, 9.17) is 5.73 Å². The summed E-state index contributed by atoms with van der Waals surface area (Å²) in [6, 6.07) is 3.13. The molecular weight excluding hydrogens is 294 g/mol. The Labute approximate surface area is 134 Å². The highest BCUT2D eigenvalue weighted by molar-refractivity contribution is 5.97. The Kier molecular flexibility index (Phi) is 4.04. The minimum absolute atomic E-state index is 0.159. The van der Waals surface area contributed by atoms with Crippen LogP contribution in [0.15, 0.2) is 24.5 Å². The lowest BCUT2D eigenvalue weighted by molar-refractivity contribution is -0.124. The number of fused-ring (bicyclic) bond motifs is 1. The third-order valence-corrected chi connectivity index (χ3v) is 4.14. The molecule has 1 aliphatic heterocycles. The van der Waals surface area contributed by atoms with Crippen LogP contribution in [0, 0.1) is 6.92 Å². The lowest BCUT2D eigenvalue weighted by Crippen LogP contribution is -2.46. The predicted octanol–water partition coefficient (Wildman–Crippen LogP) is 0.321. The fourth-order valence-electron chi connectivity index (χ4n) is 3.04. The first kappa shape index (κ1) is 15.5. The van der Waals surface area contributed by atoms with Gasteiger partial charge >= 0.3 is 0 Å². The summed E-state index contributed by atoms with van der Waals surface area (Å²) in [5.41, 5.74) is 8.04. The SMILES string of the molecule is CCNC(=O)[C@@H]1C[C@@H](N)CN1C(=O)c1cn2cccc(C)c2n1. The summed E-state index contributed by atoms with van der Waals surface area (Å²) in [6.07, 6.45) is 4.02. The molecule has 23 heavy (non-hydrogen) atoms. The van der Waals surface area contributed by atoms with E-state index < -0.39 is 6.04 Å². The van der Waals surface area contributed by atoms with Gasteiger partial charge in [-0.2, -0.15) is 0 Å². The third-order valence-electron chi connectivity index (χ3n) is 4.14. The van der Waals surface area contributed by atoms with Crippen LogP contribution in [-0.4, -0.2) is 51.3 Å². The van der Waals surface area contributed by atoms with Crippen LogP contribution in [-0.2, 0) is 4.79 Å². The molecule has 0 radical (unpaired) electrons. The van der Waals surface area contributed by atoms with Crippen LogP contribution >= 0.6 is 0 Å². The van der Waals surface area contributed by atoms with E-state index in [1.165, 1.54) is 4.90 Å². The minimum Gasteiger partial charge on any atom is -0.355 e. The molecule has 7 nitrogen and oxygen atoms in total. The van der Waals surface area contributed by atoms with Crippen LogP contribution in [0.3, 0.4) is 0 Å². The summed E-state index contributed by atoms with van der Waals surface area (Å²) in [4.78, 5) is 30.9. The van der Waals surface area contributed by atoms with E-state index in [9.17, 15) is 9.59 Å². The molecule has 3 N–H and O–H groups in total. The smallest absolute Gasteiger partial charge is 0.274 e. The highest BCUT2D eigenvalue weighted by Crippen LogP contribution is 2.20. The summed E-state index contributed by atoms with van der Waals surface area (Å²) in [6.45, 7) is 4.69. The number of carbonyl (C=O) groups is 2. The van der Waals surface area contributed by atoms with E-state index in [2.05, 4.69) is 10.3 Å². The molecule has 0 unspecified atom stereocenters. The Bertz CT molecular complexity index is 754. The zero-order chi connectivity index (χ0) is 16.6. The number of aromatic nitrogens is 2. The van der Waals surface area contributed by atoms with E-state index >= 15 is 0 Å². The molecule has 2 aromatic rings. The maximum Gasteiger partial charge on any atom is 0.274 e. The molecule has 3 heterocycles. The summed E-state index contributed by atoms with van der Waals surface area (Å²) in [7, 11) is 0. The number of likely N-dealkylation sites (N-methyl/N-ethyl adjacent to an activating group) is 1. The van der Waals surface area contributed by atoms with Gasteiger partial charge in [0.1, 0.15) is 17.4 Å². The van der Waals surface area contributed by atoms with Gasteiger partial charge in [0, 0.05) is 31.5 Å². The number of nitrogens with one attached hydrogen (secondary N) is 1. The van der Waals surface area contributed by atoms with Crippen molar-refractivity contribution < 1.29 is 9.59 Å². The number of nitrogens with zero attached hydrogens (tertiary/aromatic N) is 3. The first-order valence-corrected chi connectivity index (χ1v) is 7.79. The summed E-state index contributed by atoms with van der Waals surface area (Å²) >= 11 is 0. The second-order valence-electron chi connectivity index (χ2n) is 5.91. The number of rotatable bonds is 3. The van der Waals surface area contributed by atoms with Gasteiger partial charge in [-0.25, -0.2) is 4.98 Å². The predicted molar refractivity (Wildman–Crippen MR) is 86.0 cm³/mol. The fourth-order valence-corrected chi connectivity index (χ4v) is 3.04. The highest BCUT2D eigenvalue weighted by Gasteiger charge is 2.39. The normalized spacial score (nSPS) is 20.9. The topological polar surface area (TPSA) is 92.7 Å². The lowest BCUT2D eigenvalue weighted by Gasteiger charge is -2.22. The Morgan fingerprint density at radius 3 is 2.96 bits per heavy atom. The van der Waals surface area contributed by atoms with Crippen LogP contribution < -0.4 is 11.1 Å². The molecular formula is C16H21N5O2. The van der Waals surface area contributed by atoms with E-state index in [1.807, 2.05) is 36.6 Å². The number of carbonyl (C=O) groups excluding carboxylic acids is 2. The fraction of sp³-hybridized carbons (Fsp3) is 0.438. The van der Waals surface area contributed by atoms with Crippen LogP contribution in [0.4, 0.5) is 0 Å². The number of amides is 2. The van der Waals surface area contributed by atoms with Gasteiger partial charge in [0.05, 0.1) is 0 Å². The number of nitrogens with two attached hydrogens (primary N) is 1. The molecule has 2 atom stereocenters. The van der Waals surface area contributed by atoms with Gasteiger partial charge in [-0.05, 0) is 31.9 Å². The number of aryl methyl sites for hydroxylation is 1. The molecule has 2 aromatic heterocycles. The first-order valence-electron chi connectivity index (χ1n) is 7.79. The number of hydrogen-bond acceptors (Lipinski definition) is 4. The average Bonchev–Trinajstić information content (AvgIpc) is 3.11. The average molecular weight is 315 g/mol. The molecule has 0 aromatic carbocycles. The highest BCUT2D eigenvalue weighted by atomic mass is 16.2. The van der Waals surface area contributed by atoms with Crippen molar-refractivity contribution in [3.63, 3.8) is 0 Å². The van der Waals surface area contributed by atoms with E-state index in [0.29, 0.717) is 25.2 Å². The standard InChI is InChI=1S/C16H21N5O2/c1-3-18-15(22)13-7-11(17)8-21(13)16(23)12-9-20-6-4-5-10(2)14(20)19-12/h4-6,9,11,13H,3,7-8,17H2,1-2H3,(H,18,22)/t11-,13+/m1/s1. The molecule has 7 heteroatoms. The molecule has 122 valence electrons. The van der Waals surface area contributed by atoms with Crippen molar-refractivity contribution in [1.29, 1.82) is 0 Å². The van der Waals surface area contributed by atoms with Gasteiger partial charge in [0.15, 0.2) is 0 Å². The summed E-state index contributed by atoms with van der Waals surface area (Å²) in [5.74, 6) is -0.411. The summed E-state index contributed by atoms with van der Waals surface area (Å²) < 4.78 is 1.82. The summed E-state index contributed by atoms with van der Waals surface area (Å²) in [5, 5.41) is 2.77. The zero-order valence-corrected chi connectivity index (χ0v) is 13.3. The molecule has 0 spiro atoms. The minimum atomic E-state index is -0.525. The Morgan fingerprint density at radius 1 is 1.48 bits per heavy atom. The maximum atomic E-state index is 12.8. The van der Waals surface area contributed by atoms with Gasteiger partial charge in [-0.1, -0.05) is 6.07 Å². The van der Waals surface area contributed by atoms with Gasteiger partial charge in [0.25, 0.3) is 5.91 Å².